The number of sulfonamides is 1. The molecule has 0 saturated carbocycles. The Kier molecular flexibility index (Phi) is 4.68. The maximum Gasteiger partial charge on any atom is 0.211 e. The summed E-state index contributed by atoms with van der Waals surface area (Å²) in [6.45, 7) is 0.564. The molecule has 0 amide bonds. The Morgan fingerprint density at radius 1 is 1.05 bits per heavy atom. The van der Waals surface area contributed by atoms with Gasteiger partial charge < -0.3 is 0 Å². The van der Waals surface area contributed by atoms with Gasteiger partial charge in [0.15, 0.2) is 0 Å². The lowest BCUT2D eigenvalue weighted by Gasteiger charge is -2.20. The molecule has 0 aliphatic rings. The molecule has 0 N–H and O–H groups in total. The zero-order chi connectivity index (χ0) is 15.3. The van der Waals surface area contributed by atoms with Crippen LogP contribution in [0.3, 0.4) is 0 Å². The quantitative estimate of drug-likeness (QED) is 0.845. The number of pyridine rings is 1. The molecule has 1 aromatic heterocycles. The molecule has 1 heterocycles. The van der Waals surface area contributed by atoms with Crippen molar-refractivity contribution in [2.75, 3.05) is 6.26 Å². The molecule has 6 heteroatoms. The Bertz CT molecular complexity index is 735. The third-order valence-electron chi connectivity index (χ3n) is 3.02. The van der Waals surface area contributed by atoms with Crippen LogP contribution in [0, 0.1) is 11.3 Å². The number of rotatable bonds is 5. The highest BCUT2D eigenvalue weighted by molar-refractivity contribution is 7.88. The van der Waals surface area contributed by atoms with E-state index in [1.165, 1.54) is 10.6 Å². The minimum Gasteiger partial charge on any atom is -0.265 e. The second kappa shape index (κ2) is 6.48. The highest BCUT2D eigenvalue weighted by atomic mass is 32.2. The van der Waals surface area contributed by atoms with E-state index in [-0.39, 0.29) is 6.54 Å². The smallest absolute Gasteiger partial charge is 0.211 e. The van der Waals surface area contributed by atoms with Gasteiger partial charge in [-0.2, -0.15) is 9.57 Å². The lowest BCUT2D eigenvalue weighted by molar-refractivity contribution is 0.405. The third-order valence-corrected chi connectivity index (χ3v) is 4.22. The number of hydrogen-bond donors (Lipinski definition) is 0. The Labute approximate surface area is 124 Å². The van der Waals surface area contributed by atoms with Crippen LogP contribution in [0.25, 0.3) is 0 Å². The molecule has 0 aliphatic carbocycles. The van der Waals surface area contributed by atoms with Crippen molar-refractivity contribution in [2.24, 2.45) is 0 Å². The lowest BCUT2D eigenvalue weighted by atomic mass is 10.1. The third kappa shape index (κ3) is 4.38. The van der Waals surface area contributed by atoms with E-state index in [0.29, 0.717) is 12.1 Å². The minimum absolute atomic E-state index is 0.271. The van der Waals surface area contributed by atoms with E-state index in [2.05, 4.69) is 4.98 Å². The number of aromatic nitrogens is 1. The van der Waals surface area contributed by atoms with Gasteiger partial charge >= 0.3 is 0 Å². The van der Waals surface area contributed by atoms with Crippen LogP contribution in [0.4, 0.5) is 0 Å². The van der Waals surface area contributed by atoms with Crippen molar-refractivity contribution in [2.45, 2.75) is 13.1 Å². The fourth-order valence-electron chi connectivity index (χ4n) is 1.87. The zero-order valence-corrected chi connectivity index (χ0v) is 12.4. The molecule has 21 heavy (non-hydrogen) atoms. The molecule has 0 fully saturated rings. The number of benzene rings is 1. The molecule has 0 bridgehead atoms. The molecule has 108 valence electrons. The molecule has 5 nitrogen and oxygen atoms in total. The van der Waals surface area contributed by atoms with Crippen molar-refractivity contribution in [1.29, 1.82) is 5.26 Å². The van der Waals surface area contributed by atoms with Gasteiger partial charge in [0, 0.05) is 25.5 Å². The van der Waals surface area contributed by atoms with Gasteiger partial charge in [0.25, 0.3) is 0 Å². The first-order valence-corrected chi connectivity index (χ1v) is 8.17. The summed E-state index contributed by atoms with van der Waals surface area (Å²) in [7, 11) is -3.33. The molecular formula is C15H15N3O2S. The Balaban J connectivity index is 2.19. The van der Waals surface area contributed by atoms with Crippen molar-refractivity contribution in [3.8, 4) is 6.07 Å². The second-order valence-corrected chi connectivity index (χ2v) is 6.68. The topological polar surface area (TPSA) is 74.1 Å². The van der Waals surface area contributed by atoms with Gasteiger partial charge in [-0.15, -0.1) is 0 Å². The van der Waals surface area contributed by atoms with Crippen LogP contribution in [0.2, 0.25) is 0 Å². The lowest BCUT2D eigenvalue weighted by Crippen LogP contribution is -2.29. The molecule has 2 rings (SSSR count). The van der Waals surface area contributed by atoms with Crippen LogP contribution in [-0.2, 0) is 23.1 Å². The maximum atomic E-state index is 11.9. The van der Waals surface area contributed by atoms with Crippen molar-refractivity contribution >= 4 is 10.0 Å². The molecular weight excluding hydrogens is 286 g/mol. The van der Waals surface area contributed by atoms with Gasteiger partial charge in [-0.3, -0.25) is 4.98 Å². The summed E-state index contributed by atoms with van der Waals surface area (Å²) in [6, 6.07) is 12.5. The van der Waals surface area contributed by atoms with E-state index in [1.54, 1.807) is 48.8 Å². The average molecular weight is 301 g/mol. The predicted molar refractivity (Wildman–Crippen MR) is 79.5 cm³/mol. The van der Waals surface area contributed by atoms with Crippen LogP contribution in [-0.4, -0.2) is 24.0 Å². The number of nitriles is 1. The SMILES string of the molecule is CS(=O)(=O)N(Cc1ccncc1)Cc1ccc(C#N)cc1. The van der Waals surface area contributed by atoms with E-state index in [9.17, 15) is 8.42 Å². The molecule has 0 spiro atoms. The van der Waals surface area contributed by atoms with E-state index >= 15 is 0 Å². The van der Waals surface area contributed by atoms with Crippen molar-refractivity contribution in [3.63, 3.8) is 0 Å². The zero-order valence-electron chi connectivity index (χ0n) is 11.6. The Morgan fingerprint density at radius 3 is 2.05 bits per heavy atom. The monoisotopic (exact) mass is 301 g/mol. The summed E-state index contributed by atoms with van der Waals surface area (Å²) in [5.74, 6) is 0. The largest absolute Gasteiger partial charge is 0.265 e. The van der Waals surface area contributed by atoms with E-state index in [0.717, 1.165) is 11.1 Å². The second-order valence-electron chi connectivity index (χ2n) is 4.70. The van der Waals surface area contributed by atoms with Crippen molar-refractivity contribution < 1.29 is 8.42 Å². The molecule has 0 unspecified atom stereocenters. The number of nitrogens with zero attached hydrogens (tertiary/aromatic N) is 3. The molecule has 2 aromatic rings. The Hall–Kier alpha value is -2.23. The maximum absolute atomic E-state index is 11.9. The van der Waals surface area contributed by atoms with Crippen molar-refractivity contribution in [1.82, 2.24) is 9.29 Å². The standard InChI is InChI=1S/C15H15N3O2S/c1-21(19,20)18(12-15-6-8-17-9-7-15)11-14-4-2-13(10-16)3-5-14/h2-9H,11-12H2,1H3. The van der Waals surface area contributed by atoms with E-state index in [4.69, 9.17) is 5.26 Å². The highest BCUT2D eigenvalue weighted by Gasteiger charge is 2.17. The molecule has 1 aromatic carbocycles. The van der Waals surface area contributed by atoms with Crippen LogP contribution < -0.4 is 0 Å². The van der Waals surface area contributed by atoms with Gasteiger partial charge in [-0.05, 0) is 35.4 Å². The number of hydrogen-bond acceptors (Lipinski definition) is 4. The average Bonchev–Trinajstić information content (AvgIpc) is 2.47. The van der Waals surface area contributed by atoms with Gasteiger partial charge in [0.2, 0.25) is 10.0 Å². The normalized spacial score (nSPS) is 11.3. The van der Waals surface area contributed by atoms with E-state index < -0.39 is 10.0 Å². The summed E-state index contributed by atoms with van der Waals surface area (Å²) in [6.07, 6.45) is 4.47. The molecule has 0 radical (unpaired) electrons. The summed E-state index contributed by atoms with van der Waals surface area (Å²) in [5.41, 5.74) is 2.27. The van der Waals surface area contributed by atoms with Crippen molar-refractivity contribution in [3.05, 3.63) is 65.5 Å². The van der Waals surface area contributed by atoms with Gasteiger partial charge in [-0.1, -0.05) is 12.1 Å². The van der Waals surface area contributed by atoms with Gasteiger partial charge in [0.1, 0.15) is 0 Å². The fourth-order valence-corrected chi connectivity index (χ4v) is 2.64. The molecule has 0 atom stereocenters. The van der Waals surface area contributed by atoms with Crippen LogP contribution in [0.15, 0.2) is 48.8 Å². The predicted octanol–water partition coefficient (Wildman–Crippen LogP) is 1.92. The summed E-state index contributed by atoms with van der Waals surface area (Å²) < 4.78 is 25.2. The summed E-state index contributed by atoms with van der Waals surface area (Å²) >= 11 is 0. The van der Waals surface area contributed by atoms with Gasteiger partial charge in [-0.25, -0.2) is 8.42 Å². The molecule has 0 saturated heterocycles. The van der Waals surface area contributed by atoms with Crippen LogP contribution in [0.5, 0.6) is 0 Å². The highest BCUT2D eigenvalue weighted by Crippen LogP contribution is 2.13. The van der Waals surface area contributed by atoms with Crippen LogP contribution >= 0.6 is 0 Å². The first-order valence-electron chi connectivity index (χ1n) is 6.32. The first kappa shape index (κ1) is 15.2. The van der Waals surface area contributed by atoms with Crippen LogP contribution in [0.1, 0.15) is 16.7 Å². The molecule has 0 aliphatic heterocycles. The van der Waals surface area contributed by atoms with Gasteiger partial charge in [0.05, 0.1) is 17.9 Å². The fraction of sp³-hybridized carbons (Fsp3) is 0.200. The summed E-state index contributed by atoms with van der Waals surface area (Å²) in [5, 5.41) is 8.77. The van der Waals surface area contributed by atoms with E-state index in [1.807, 2.05) is 6.07 Å². The minimum atomic E-state index is -3.33. The summed E-state index contributed by atoms with van der Waals surface area (Å²) in [4.78, 5) is 3.92. The Morgan fingerprint density at radius 2 is 1.57 bits per heavy atom. The first-order chi connectivity index (χ1) is 9.99.